The lowest BCUT2D eigenvalue weighted by Crippen LogP contribution is -2.17. The lowest BCUT2D eigenvalue weighted by molar-refractivity contribution is 0.446. The van der Waals surface area contributed by atoms with E-state index in [9.17, 15) is 5.11 Å². The van der Waals surface area contributed by atoms with Crippen LogP contribution in [0, 0.1) is 0 Å². The van der Waals surface area contributed by atoms with Crippen LogP contribution in [0.15, 0.2) is 115 Å². The van der Waals surface area contributed by atoms with Gasteiger partial charge in [-0.05, 0) is 81.0 Å². The number of benzene rings is 4. The van der Waals surface area contributed by atoms with E-state index in [0.29, 0.717) is 5.75 Å². The van der Waals surface area contributed by atoms with Gasteiger partial charge in [-0.1, -0.05) is 129 Å². The molecule has 0 fully saturated rings. The summed E-state index contributed by atoms with van der Waals surface area (Å²) in [5, 5.41) is 14.3. The van der Waals surface area contributed by atoms with Crippen molar-refractivity contribution in [2.24, 2.45) is 0 Å². The minimum atomic E-state index is -0.250. The standard InChI is InChI=1S/C46H47N3O/c1-44(2,3)32-25-36(43(50)37(26-32)46(7,8)9)39-27-33(45(4,5)6)28-42(48-39)49-40-18-14-13-17-34(40)35-20-19-31(24-41(35)49)38-23-30(21-22-47-38)29-15-11-10-12-16-29/h10-28,50H,1-9H3. The van der Waals surface area contributed by atoms with E-state index in [2.05, 4.69) is 170 Å². The Morgan fingerprint density at radius 1 is 0.520 bits per heavy atom. The van der Waals surface area contributed by atoms with Gasteiger partial charge in [0.15, 0.2) is 0 Å². The molecule has 0 amide bonds. The van der Waals surface area contributed by atoms with Crippen molar-refractivity contribution in [1.82, 2.24) is 14.5 Å². The van der Waals surface area contributed by atoms with E-state index in [1.807, 2.05) is 12.3 Å². The predicted molar refractivity (Wildman–Crippen MR) is 210 cm³/mol. The molecular formula is C46H47N3O. The molecule has 0 aliphatic rings. The number of hydrogen-bond acceptors (Lipinski definition) is 3. The number of aromatic nitrogens is 3. The third kappa shape index (κ3) is 6.08. The van der Waals surface area contributed by atoms with Crippen molar-refractivity contribution in [3.05, 3.63) is 132 Å². The predicted octanol–water partition coefficient (Wildman–Crippen LogP) is 12.2. The Bertz CT molecular complexity index is 2380. The third-order valence-corrected chi connectivity index (χ3v) is 9.80. The second-order valence-electron chi connectivity index (χ2n) is 16.6. The molecule has 4 nitrogen and oxygen atoms in total. The molecule has 0 atom stereocenters. The van der Waals surface area contributed by atoms with Crippen molar-refractivity contribution in [3.63, 3.8) is 0 Å². The summed E-state index contributed by atoms with van der Waals surface area (Å²) in [6.45, 7) is 19.8. The minimum absolute atomic E-state index is 0.109. The maximum absolute atomic E-state index is 11.9. The van der Waals surface area contributed by atoms with Crippen molar-refractivity contribution < 1.29 is 5.11 Å². The number of pyridine rings is 2. The first kappa shape index (κ1) is 33.3. The highest BCUT2D eigenvalue weighted by atomic mass is 16.3. The van der Waals surface area contributed by atoms with Crippen LogP contribution in [0.2, 0.25) is 0 Å². The lowest BCUT2D eigenvalue weighted by Gasteiger charge is -2.28. The number of phenolic OH excluding ortho intramolecular Hbond substituents is 1. The molecule has 0 radical (unpaired) electrons. The summed E-state index contributed by atoms with van der Waals surface area (Å²) in [6.07, 6.45) is 1.89. The van der Waals surface area contributed by atoms with Gasteiger partial charge in [0.05, 0.1) is 22.4 Å². The Balaban J connectivity index is 1.50. The average molecular weight is 658 g/mol. The molecule has 0 aliphatic carbocycles. The first-order valence-corrected chi connectivity index (χ1v) is 17.6. The van der Waals surface area contributed by atoms with Gasteiger partial charge in [-0.25, -0.2) is 4.98 Å². The highest BCUT2D eigenvalue weighted by molar-refractivity contribution is 6.10. The highest BCUT2D eigenvalue weighted by Crippen LogP contribution is 2.43. The van der Waals surface area contributed by atoms with Crippen molar-refractivity contribution in [3.8, 4) is 45.2 Å². The molecule has 3 aromatic heterocycles. The first-order chi connectivity index (χ1) is 23.6. The Morgan fingerprint density at radius 3 is 1.88 bits per heavy atom. The van der Waals surface area contributed by atoms with Crippen molar-refractivity contribution in [2.45, 2.75) is 78.6 Å². The number of para-hydroxylation sites is 1. The van der Waals surface area contributed by atoms with Gasteiger partial charge in [-0.15, -0.1) is 0 Å². The summed E-state index contributed by atoms with van der Waals surface area (Å²) in [5.74, 6) is 1.11. The summed E-state index contributed by atoms with van der Waals surface area (Å²) in [4.78, 5) is 10.2. The van der Waals surface area contributed by atoms with Crippen LogP contribution in [0.25, 0.3) is 61.3 Å². The van der Waals surface area contributed by atoms with E-state index in [4.69, 9.17) is 9.97 Å². The number of aromatic hydroxyl groups is 1. The van der Waals surface area contributed by atoms with Crippen LogP contribution in [-0.2, 0) is 16.2 Å². The van der Waals surface area contributed by atoms with Gasteiger partial charge in [-0.2, -0.15) is 0 Å². The van der Waals surface area contributed by atoms with Gasteiger partial charge in [0.2, 0.25) is 0 Å². The van der Waals surface area contributed by atoms with Gasteiger partial charge < -0.3 is 5.11 Å². The van der Waals surface area contributed by atoms with Crippen molar-refractivity contribution in [2.75, 3.05) is 0 Å². The molecule has 0 spiro atoms. The Labute approximate surface area is 296 Å². The molecule has 4 aromatic carbocycles. The molecule has 1 N–H and O–H groups in total. The second kappa shape index (κ2) is 12.0. The number of nitrogens with zero attached hydrogens (tertiary/aromatic N) is 3. The van der Waals surface area contributed by atoms with Crippen molar-refractivity contribution >= 4 is 21.8 Å². The van der Waals surface area contributed by atoms with Gasteiger partial charge in [0.1, 0.15) is 11.6 Å². The molecule has 4 heteroatoms. The Hall–Kier alpha value is -5.22. The Kier molecular flexibility index (Phi) is 7.98. The van der Waals surface area contributed by atoms with E-state index in [1.165, 1.54) is 5.56 Å². The SMILES string of the molecule is CC(C)(C)c1cc(-c2cc(C(C)(C)C)cc(C(C)(C)C)c2O)nc(-n2c3ccccc3c3ccc(-c4cc(-c5ccccc5)ccn4)cc32)c1. The zero-order valence-electron chi connectivity index (χ0n) is 30.8. The molecule has 0 saturated heterocycles. The van der Waals surface area contributed by atoms with Crippen LogP contribution in [-0.4, -0.2) is 19.6 Å². The number of rotatable bonds is 4. The summed E-state index contributed by atoms with van der Waals surface area (Å²) >= 11 is 0. The fraction of sp³-hybridized carbons (Fsp3) is 0.261. The summed E-state index contributed by atoms with van der Waals surface area (Å²) in [5.41, 5.74) is 10.6. The molecule has 0 bridgehead atoms. The quantitative estimate of drug-likeness (QED) is 0.205. The van der Waals surface area contributed by atoms with Gasteiger partial charge in [0.25, 0.3) is 0 Å². The fourth-order valence-electron chi connectivity index (χ4n) is 6.81. The van der Waals surface area contributed by atoms with Crippen LogP contribution in [0.3, 0.4) is 0 Å². The van der Waals surface area contributed by atoms with E-state index < -0.39 is 0 Å². The summed E-state index contributed by atoms with van der Waals surface area (Å²) in [6, 6.07) is 38.5. The van der Waals surface area contributed by atoms with E-state index in [0.717, 1.165) is 72.4 Å². The normalized spacial score (nSPS) is 12.6. The second-order valence-corrected chi connectivity index (χ2v) is 16.6. The highest BCUT2D eigenvalue weighted by Gasteiger charge is 2.27. The largest absolute Gasteiger partial charge is 0.507 e. The minimum Gasteiger partial charge on any atom is -0.507 e. The zero-order valence-corrected chi connectivity index (χ0v) is 30.8. The van der Waals surface area contributed by atoms with Crippen LogP contribution >= 0.6 is 0 Å². The molecule has 252 valence electrons. The van der Waals surface area contributed by atoms with E-state index in [-0.39, 0.29) is 16.2 Å². The number of phenols is 1. The number of fused-ring (bicyclic) bond motifs is 3. The smallest absolute Gasteiger partial charge is 0.138 e. The van der Waals surface area contributed by atoms with Crippen LogP contribution in [0.5, 0.6) is 5.75 Å². The molecule has 7 rings (SSSR count). The topological polar surface area (TPSA) is 50.9 Å². The molecule has 0 aliphatic heterocycles. The zero-order chi connectivity index (χ0) is 35.6. The van der Waals surface area contributed by atoms with Gasteiger partial charge >= 0.3 is 0 Å². The van der Waals surface area contributed by atoms with E-state index in [1.54, 1.807) is 0 Å². The Morgan fingerprint density at radius 2 is 1.18 bits per heavy atom. The maximum atomic E-state index is 11.9. The van der Waals surface area contributed by atoms with Crippen LogP contribution < -0.4 is 0 Å². The van der Waals surface area contributed by atoms with Crippen LogP contribution in [0.1, 0.15) is 79.0 Å². The lowest BCUT2D eigenvalue weighted by atomic mass is 9.78. The van der Waals surface area contributed by atoms with Gasteiger partial charge in [-0.3, -0.25) is 9.55 Å². The maximum Gasteiger partial charge on any atom is 0.138 e. The first-order valence-electron chi connectivity index (χ1n) is 17.6. The molecule has 0 unspecified atom stereocenters. The van der Waals surface area contributed by atoms with Crippen LogP contribution in [0.4, 0.5) is 0 Å². The van der Waals surface area contributed by atoms with Gasteiger partial charge in [0, 0.05) is 33.7 Å². The molecule has 7 aromatic rings. The van der Waals surface area contributed by atoms with Crippen molar-refractivity contribution in [1.29, 1.82) is 0 Å². The third-order valence-electron chi connectivity index (χ3n) is 9.80. The molecule has 50 heavy (non-hydrogen) atoms. The fourth-order valence-corrected chi connectivity index (χ4v) is 6.81. The average Bonchev–Trinajstić information content (AvgIpc) is 3.41. The summed E-state index contributed by atoms with van der Waals surface area (Å²) in [7, 11) is 0. The molecular weight excluding hydrogens is 611 g/mol. The number of hydrogen-bond donors (Lipinski definition) is 1. The monoisotopic (exact) mass is 657 g/mol. The van der Waals surface area contributed by atoms with E-state index >= 15 is 0 Å². The molecule has 3 heterocycles. The summed E-state index contributed by atoms with van der Waals surface area (Å²) < 4.78 is 2.28. The molecule has 0 saturated carbocycles.